The molecule has 1 aliphatic rings. The quantitative estimate of drug-likeness (QED) is 0.846. The Hall–Kier alpha value is -1.72. The molecule has 2 heterocycles. The van der Waals surface area contributed by atoms with Crippen LogP contribution in [-0.4, -0.2) is 37.1 Å². The molecular weight excluding hydrogens is 390 g/mol. The molecule has 0 spiro atoms. The molecule has 1 aromatic carbocycles. The Bertz CT molecular complexity index is 765. The van der Waals surface area contributed by atoms with Gasteiger partial charge in [0.25, 0.3) is 0 Å². The van der Waals surface area contributed by atoms with Gasteiger partial charge in [0.05, 0.1) is 24.8 Å². The molecular formula is C17H16BrN3O2S. The predicted octanol–water partition coefficient (Wildman–Crippen LogP) is 3.39. The van der Waals surface area contributed by atoms with Crippen LogP contribution >= 0.6 is 27.3 Å². The van der Waals surface area contributed by atoms with Gasteiger partial charge in [-0.25, -0.2) is 0 Å². The van der Waals surface area contributed by atoms with Crippen LogP contribution in [0.3, 0.4) is 0 Å². The van der Waals surface area contributed by atoms with Crippen molar-refractivity contribution < 1.29 is 9.53 Å². The molecule has 5 nitrogen and oxygen atoms in total. The van der Waals surface area contributed by atoms with Crippen LogP contribution in [0.25, 0.3) is 0 Å². The molecule has 2 aromatic rings. The van der Waals surface area contributed by atoms with E-state index in [-0.39, 0.29) is 11.9 Å². The van der Waals surface area contributed by atoms with Gasteiger partial charge in [-0.2, -0.15) is 5.26 Å². The largest absolute Gasteiger partial charge is 0.379 e. The number of hydrogen-bond acceptors (Lipinski definition) is 5. The number of carbonyl (C=O) groups excluding carboxylic acids is 1. The van der Waals surface area contributed by atoms with Crippen LogP contribution < -0.4 is 5.32 Å². The Balaban J connectivity index is 1.84. The van der Waals surface area contributed by atoms with Crippen molar-refractivity contribution in [3.8, 4) is 6.07 Å². The summed E-state index contributed by atoms with van der Waals surface area (Å²) >= 11 is 5.01. The van der Waals surface area contributed by atoms with Crippen molar-refractivity contribution in [1.29, 1.82) is 5.26 Å². The molecule has 1 N–H and O–H groups in total. The van der Waals surface area contributed by atoms with E-state index in [1.54, 1.807) is 35.6 Å². The Morgan fingerprint density at radius 3 is 2.83 bits per heavy atom. The zero-order chi connectivity index (χ0) is 16.9. The van der Waals surface area contributed by atoms with Crippen LogP contribution in [0, 0.1) is 11.3 Å². The highest BCUT2D eigenvalue weighted by molar-refractivity contribution is 9.10. The molecule has 1 saturated heterocycles. The minimum absolute atomic E-state index is 0.0960. The van der Waals surface area contributed by atoms with E-state index in [2.05, 4.69) is 32.2 Å². The van der Waals surface area contributed by atoms with Crippen LogP contribution in [0.15, 0.2) is 40.2 Å². The van der Waals surface area contributed by atoms with Crippen LogP contribution in [0.4, 0.5) is 5.69 Å². The lowest BCUT2D eigenvalue weighted by molar-refractivity contribution is -0.123. The first-order chi connectivity index (χ1) is 11.7. The van der Waals surface area contributed by atoms with Gasteiger partial charge >= 0.3 is 0 Å². The molecule has 1 amide bonds. The SMILES string of the molecule is N#Cc1cccc(NC(=O)[C@H](c2cc(Br)cs2)N2CCOCC2)c1. The number of nitriles is 1. The monoisotopic (exact) mass is 405 g/mol. The Kier molecular flexibility index (Phi) is 5.63. The van der Waals surface area contributed by atoms with Gasteiger partial charge in [-0.15, -0.1) is 11.3 Å². The summed E-state index contributed by atoms with van der Waals surface area (Å²) < 4.78 is 6.38. The van der Waals surface area contributed by atoms with Crippen molar-refractivity contribution >= 4 is 38.9 Å². The number of halogens is 1. The van der Waals surface area contributed by atoms with Crippen LogP contribution in [0.1, 0.15) is 16.5 Å². The van der Waals surface area contributed by atoms with Gasteiger partial charge in [0, 0.05) is 33.5 Å². The number of morpholine rings is 1. The smallest absolute Gasteiger partial charge is 0.247 e. The van der Waals surface area contributed by atoms with Crippen LogP contribution in [-0.2, 0) is 9.53 Å². The van der Waals surface area contributed by atoms with E-state index in [9.17, 15) is 4.79 Å². The van der Waals surface area contributed by atoms with E-state index in [0.717, 1.165) is 9.35 Å². The normalized spacial score (nSPS) is 16.3. The van der Waals surface area contributed by atoms with Gasteiger partial charge in [-0.05, 0) is 40.2 Å². The van der Waals surface area contributed by atoms with Gasteiger partial charge in [0.15, 0.2) is 0 Å². The van der Waals surface area contributed by atoms with Crippen molar-refractivity contribution in [1.82, 2.24) is 4.90 Å². The van der Waals surface area contributed by atoms with Crippen molar-refractivity contribution in [2.45, 2.75) is 6.04 Å². The molecule has 1 aromatic heterocycles. The fraction of sp³-hybridized carbons (Fsp3) is 0.294. The molecule has 1 atom stereocenters. The fourth-order valence-electron chi connectivity index (χ4n) is 2.66. The number of hydrogen-bond donors (Lipinski definition) is 1. The summed E-state index contributed by atoms with van der Waals surface area (Å²) in [5.41, 5.74) is 1.16. The highest BCUT2D eigenvalue weighted by Gasteiger charge is 2.30. The van der Waals surface area contributed by atoms with Crippen LogP contribution in [0.2, 0.25) is 0 Å². The van der Waals surface area contributed by atoms with E-state index in [4.69, 9.17) is 10.00 Å². The summed E-state index contributed by atoms with van der Waals surface area (Å²) in [4.78, 5) is 16.1. The lowest BCUT2D eigenvalue weighted by atomic mass is 10.1. The number of anilines is 1. The Morgan fingerprint density at radius 1 is 1.38 bits per heavy atom. The summed E-state index contributed by atoms with van der Waals surface area (Å²) in [6.45, 7) is 2.68. The summed E-state index contributed by atoms with van der Waals surface area (Å²) in [6.07, 6.45) is 0. The van der Waals surface area contributed by atoms with E-state index < -0.39 is 0 Å². The maximum absolute atomic E-state index is 12.9. The lowest BCUT2D eigenvalue weighted by Crippen LogP contribution is -2.43. The summed E-state index contributed by atoms with van der Waals surface area (Å²) in [7, 11) is 0. The molecule has 0 bridgehead atoms. The first-order valence-corrected chi connectivity index (χ1v) is 9.21. The number of rotatable bonds is 4. The standard InChI is InChI=1S/C17H16BrN3O2S/c18-13-9-15(24-11-13)16(21-4-6-23-7-5-21)17(22)20-14-3-1-2-12(8-14)10-19/h1-3,8-9,11,16H,4-7H2,(H,20,22)/t16-/m0/s1. The van der Waals surface area contributed by atoms with Crippen molar-refractivity contribution in [2.24, 2.45) is 0 Å². The van der Waals surface area contributed by atoms with Crippen molar-refractivity contribution in [3.05, 3.63) is 50.6 Å². The average Bonchev–Trinajstić information content (AvgIpc) is 3.02. The number of thiophene rings is 1. The summed E-state index contributed by atoms with van der Waals surface area (Å²) in [5, 5.41) is 13.9. The molecule has 0 radical (unpaired) electrons. The topological polar surface area (TPSA) is 65.4 Å². The van der Waals surface area contributed by atoms with E-state index in [1.807, 2.05) is 11.4 Å². The average molecular weight is 406 g/mol. The summed E-state index contributed by atoms with van der Waals surface area (Å²) in [5.74, 6) is -0.0960. The molecule has 24 heavy (non-hydrogen) atoms. The molecule has 1 aliphatic heterocycles. The maximum Gasteiger partial charge on any atom is 0.247 e. The van der Waals surface area contributed by atoms with Gasteiger partial charge in [0.1, 0.15) is 6.04 Å². The third kappa shape index (κ3) is 4.02. The number of benzene rings is 1. The van der Waals surface area contributed by atoms with Gasteiger partial charge in [0.2, 0.25) is 5.91 Å². The third-order valence-electron chi connectivity index (χ3n) is 3.78. The van der Waals surface area contributed by atoms with E-state index in [0.29, 0.717) is 37.6 Å². The van der Waals surface area contributed by atoms with Gasteiger partial charge in [-0.3, -0.25) is 9.69 Å². The second-order valence-corrected chi connectivity index (χ2v) is 7.26. The fourth-order valence-corrected chi connectivity index (χ4v) is 4.23. The highest BCUT2D eigenvalue weighted by Crippen LogP contribution is 2.31. The second kappa shape index (κ2) is 7.90. The number of carbonyl (C=O) groups is 1. The molecule has 0 saturated carbocycles. The highest BCUT2D eigenvalue weighted by atomic mass is 79.9. The van der Waals surface area contributed by atoms with E-state index >= 15 is 0 Å². The van der Waals surface area contributed by atoms with Crippen LogP contribution in [0.5, 0.6) is 0 Å². The number of nitrogens with one attached hydrogen (secondary N) is 1. The molecule has 0 aliphatic carbocycles. The van der Waals surface area contributed by atoms with Gasteiger partial charge in [-0.1, -0.05) is 6.07 Å². The first kappa shape index (κ1) is 17.1. The Labute approximate surface area is 153 Å². The van der Waals surface area contributed by atoms with E-state index in [1.165, 1.54) is 0 Å². The number of ether oxygens (including phenoxy) is 1. The second-order valence-electron chi connectivity index (χ2n) is 5.40. The zero-order valence-corrected chi connectivity index (χ0v) is 15.3. The third-order valence-corrected chi connectivity index (χ3v) is 5.52. The Morgan fingerprint density at radius 2 is 2.17 bits per heavy atom. The number of amides is 1. The number of nitrogens with zero attached hydrogens (tertiary/aromatic N) is 2. The molecule has 1 fully saturated rings. The molecule has 124 valence electrons. The van der Waals surface area contributed by atoms with Gasteiger partial charge < -0.3 is 10.1 Å². The first-order valence-electron chi connectivity index (χ1n) is 7.54. The minimum Gasteiger partial charge on any atom is -0.379 e. The zero-order valence-electron chi connectivity index (χ0n) is 12.9. The molecule has 3 rings (SSSR count). The van der Waals surface area contributed by atoms with Crippen molar-refractivity contribution in [2.75, 3.05) is 31.6 Å². The maximum atomic E-state index is 12.9. The van der Waals surface area contributed by atoms with Crippen molar-refractivity contribution in [3.63, 3.8) is 0 Å². The lowest BCUT2D eigenvalue weighted by Gasteiger charge is -2.33. The minimum atomic E-state index is -0.365. The molecule has 7 heteroatoms. The molecule has 0 unspecified atom stereocenters. The summed E-state index contributed by atoms with van der Waals surface area (Å²) in [6, 6.07) is 10.7. The predicted molar refractivity (Wildman–Crippen MR) is 96.9 cm³/mol.